The highest BCUT2D eigenvalue weighted by molar-refractivity contribution is 6.22. The van der Waals surface area contributed by atoms with Crippen LogP contribution in [0.25, 0.3) is 0 Å². The maximum Gasteiger partial charge on any atom is 0.347 e. The van der Waals surface area contributed by atoms with Gasteiger partial charge in [0.2, 0.25) is 0 Å². The standard InChI is InChI=1S/C8H9NO10/c10-3(11)1-9(2-4(12)13)8(5(14)15,6(16)17)7(18)19/h1-2H2,(H,10,11)(H,12,13)(H,14,15)(H,16,17)(H,18,19). The van der Waals surface area contributed by atoms with Gasteiger partial charge in [0.25, 0.3) is 0 Å². The van der Waals surface area contributed by atoms with E-state index in [1.807, 2.05) is 0 Å². The van der Waals surface area contributed by atoms with E-state index in [-0.39, 0.29) is 4.90 Å². The Hall–Kier alpha value is -2.69. The van der Waals surface area contributed by atoms with E-state index in [1.54, 1.807) is 0 Å². The topological polar surface area (TPSA) is 190 Å². The van der Waals surface area contributed by atoms with Gasteiger partial charge in [-0.1, -0.05) is 0 Å². The lowest BCUT2D eigenvalue weighted by Crippen LogP contribution is -2.67. The zero-order chi connectivity index (χ0) is 15.4. The fourth-order valence-corrected chi connectivity index (χ4v) is 1.30. The van der Waals surface area contributed by atoms with Crippen molar-refractivity contribution >= 4 is 29.8 Å². The molecule has 11 heteroatoms. The second-order valence-corrected chi connectivity index (χ2v) is 3.27. The average Bonchev–Trinajstić information content (AvgIpc) is 2.13. The van der Waals surface area contributed by atoms with Gasteiger partial charge < -0.3 is 25.5 Å². The molecule has 0 aliphatic carbocycles. The minimum Gasteiger partial charge on any atom is -0.480 e. The third-order valence-corrected chi connectivity index (χ3v) is 2.06. The number of carboxylic acid groups (broad SMARTS) is 5. The molecule has 19 heavy (non-hydrogen) atoms. The van der Waals surface area contributed by atoms with Crippen molar-refractivity contribution in [3.05, 3.63) is 0 Å². The minimum atomic E-state index is -3.70. The fraction of sp³-hybridized carbons (Fsp3) is 0.375. The second-order valence-electron chi connectivity index (χ2n) is 3.27. The molecule has 0 aromatic rings. The quantitative estimate of drug-likeness (QED) is 0.294. The van der Waals surface area contributed by atoms with Crippen molar-refractivity contribution in [2.45, 2.75) is 5.54 Å². The van der Waals surface area contributed by atoms with Crippen LogP contribution in [-0.2, 0) is 24.0 Å². The molecule has 0 fully saturated rings. The van der Waals surface area contributed by atoms with Gasteiger partial charge in [-0.15, -0.1) is 0 Å². The molecule has 0 spiro atoms. The van der Waals surface area contributed by atoms with E-state index in [1.165, 1.54) is 0 Å². The third kappa shape index (κ3) is 3.16. The Morgan fingerprint density at radius 3 is 1.11 bits per heavy atom. The Morgan fingerprint density at radius 2 is 0.947 bits per heavy atom. The van der Waals surface area contributed by atoms with Crippen molar-refractivity contribution in [1.29, 1.82) is 0 Å². The molecular weight excluding hydrogens is 270 g/mol. The highest BCUT2D eigenvalue weighted by Gasteiger charge is 2.60. The Kier molecular flexibility index (Phi) is 4.95. The van der Waals surface area contributed by atoms with Crippen molar-refractivity contribution < 1.29 is 49.5 Å². The van der Waals surface area contributed by atoms with E-state index >= 15 is 0 Å². The summed E-state index contributed by atoms with van der Waals surface area (Å²) in [5.74, 6) is -10.8. The average molecular weight is 279 g/mol. The van der Waals surface area contributed by atoms with Crippen LogP contribution in [0, 0.1) is 0 Å². The van der Waals surface area contributed by atoms with Gasteiger partial charge in [0.1, 0.15) is 0 Å². The van der Waals surface area contributed by atoms with Crippen LogP contribution in [0.15, 0.2) is 0 Å². The predicted molar refractivity (Wildman–Crippen MR) is 52.5 cm³/mol. The van der Waals surface area contributed by atoms with Crippen LogP contribution in [0.5, 0.6) is 0 Å². The van der Waals surface area contributed by atoms with Gasteiger partial charge in [0.05, 0.1) is 13.1 Å². The number of hydrogen-bond donors (Lipinski definition) is 5. The summed E-state index contributed by atoms with van der Waals surface area (Å²) in [7, 11) is 0. The van der Waals surface area contributed by atoms with Gasteiger partial charge in [-0.2, -0.15) is 0 Å². The van der Waals surface area contributed by atoms with Crippen molar-refractivity contribution in [3.8, 4) is 0 Å². The van der Waals surface area contributed by atoms with Gasteiger partial charge in [-0.05, 0) is 0 Å². The molecule has 0 aliphatic rings. The summed E-state index contributed by atoms with van der Waals surface area (Å²) in [5.41, 5.74) is -3.70. The number of rotatable bonds is 8. The van der Waals surface area contributed by atoms with E-state index in [2.05, 4.69) is 0 Å². The van der Waals surface area contributed by atoms with Crippen molar-refractivity contribution in [3.63, 3.8) is 0 Å². The molecule has 5 N–H and O–H groups in total. The molecular formula is C8H9NO10. The van der Waals surface area contributed by atoms with E-state index in [9.17, 15) is 24.0 Å². The first-order valence-corrected chi connectivity index (χ1v) is 4.45. The zero-order valence-electron chi connectivity index (χ0n) is 9.14. The third-order valence-electron chi connectivity index (χ3n) is 2.06. The van der Waals surface area contributed by atoms with E-state index in [0.29, 0.717) is 0 Å². The number of carbonyl (C=O) groups is 5. The van der Waals surface area contributed by atoms with Crippen LogP contribution in [0.3, 0.4) is 0 Å². The lowest BCUT2D eigenvalue weighted by Gasteiger charge is -2.31. The number of nitrogens with zero attached hydrogens (tertiary/aromatic N) is 1. The lowest BCUT2D eigenvalue weighted by molar-refractivity contribution is -0.180. The van der Waals surface area contributed by atoms with Gasteiger partial charge in [0.15, 0.2) is 0 Å². The summed E-state index contributed by atoms with van der Waals surface area (Å²) in [5, 5.41) is 43.3. The SMILES string of the molecule is O=C(O)CN(CC(=O)O)C(C(=O)O)(C(=O)O)C(=O)O. The molecule has 11 nitrogen and oxygen atoms in total. The Labute approximate surface area is 104 Å². The lowest BCUT2D eigenvalue weighted by atomic mass is 9.97. The number of hydrogen-bond acceptors (Lipinski definition) is 6. The summed E-state index contributed by atoms with van der Waals surface area (Å²) in [6, 6.07) is 0. The van der Waals surface area contributed by atoms with Crippen LogP contribution in [0.1, 0.15) is 0 Å². The molecule has 0 unspecified atom stereocenters. The highest BCUT2D eigenvalue weighted by Crippen LogP contribution is 2.17. The van der Waals surface area contributed by atoms with Gasteiger partial charge in [-0.25, -0.2) is 19.3 Å². The Bertz CT molecular complexity index is 389. The molecule has 0 heterocycles. The molecule has 0 saturated heterocycles. The van der Waals surface area contributed by atoms with Gasteiger partial charge in [0, 0.05) is 0 Å². The smallest absolute Gasteiger partial charge is 0.347 e. The van der Waals surface area contributed by atoms with Crippen LogP contribution in [-0.4, -0.2) is 78.9 Å². The first-order valence-electron chi connectivity index (χ1n) is 4.45. The molecule has 0 saturated carbocycles. The summed E-state index contributed by atoms with van der Waals surface area (Å²) in [6.07, 6.45) is 0. The van der Waals surface area contributed by atoms with Crippen LogP contribution in [0.2, 0.25) is 0 Å². The van der Waals surface area contributed by atoms with E-state index < -0.39 is 48.5 Å². The maximum atomic E-state index is 10.9. The molecule has 0 aliphatic heterocycles. The van der Waals surface area contributed by atoms with Crippen molar-refractivity contribution in [2.24, 2.45) is 0 Å². The summed E-state index contributed by atoms with van der Waals surface area (Å²) >= 11 is 0. The van der Waals surface area contributed by atoms with Crippen LogP contribution in [0.4, 0.5) is 0 Å². The van der Waals surface area contributed by atoms with Gasteiger partial charge in [-0.3, -0.25) is 9.59 Å². The van der Waals surface area contributed by atoms with Crippen LogP contribution >= 0.6 is 0 Å². The molecule has 0 aromatic heterocycles. The molecule has 0 bridgehead atoms. The summed E-state index contributed by atoms with van der Waals surface area (Å²) in [6.45, 7) is -2.78. The molecule has 0 amide bonds. The van der Waals surface area contributed by atoms with Crippen molar-refractivity contribution in [2.75, 3.05) is 13.1 Å². The van der Waals surface area contributed by atoms with E-state index in [4.69, 9.17) is 25.5 Å². The summed E-state index contributed by atoms with van der Waals surface area (Å²) in [4.78, 5) is 53.6. The second kappa shape index (κ2) is 5.77. The number of carboxylic acids is 5. The van der Waals surface area contributed by atoms with Gasteiger partial charge >= 0.3 is 35.4 Å². The van der Waals surface area contributed by atoms with Crippen molar-refractivity contribution in [1.82, 2.24) is 4.90 Å². The molecule has 106 valence electrons. The van der Waals surface area contributed by atoms with Crippen LogP contribution < -0.4 is 0 Å². The Balaban J connectivity index is 5.92. The summed E-state index contributed by atoms with van der Waals surface area (Å²) < 4.78 is 0. The monoisotopic (exact) mass is 279 g/mol. The highest BCUT2D eigenvalue weighted by atomic mass is 16.4. The predicted octanol–water partition coefficient (Wildman–Crippen LogP) is -2.55. The molecule has 0 rings (SSSR count). The largest absolute Gasteiger partial charge is 0.480 e. The zero-order valence-corrected chi connectivity index (χ0v) is 9.14. The molecule has 0 aromatic carbocycles. The normalized spacial score (nSPS) is 11.0. The Morgan fingerprint density at radius 1 is 0.684 bits per heavy atom. The fourth-order valence-electron chi connectivity index (χ4n) is 1.30. The van der Waals surface area contributed by atoms with E-state index in [0.717, 1.165) is 0 Å². The maximum absolute atomic E-state index is 10.9. The first kappa shape index (κ1) is 16.3. The minimum absolute atomic E-state index is 0.190. The first-order chi connectivity index (χ1) is 8.56. The molecule has 0 radical (unpaired) electrons. The number of aliphatic carboxylic acids is 5. The molecule has 0 atom stereocenters.